The van der Waals surface area contributed by atoms with Gasteiger partial charge in [0.1, 0.15) is 5.75 Å². The molecule has 0 radical (unpaired) electrons. The van der Waals surface area contributed by atoms with E-state index in [2.05, 4.69) is 55.0 Å². The maximum atomic E-state index is 9.29. The molecule has 3 rings (SSSR count). The maximum absolute atomic E-state index is 9.29. The molecule has 0 heterocycles. The summed E-state index contributed by atoms with van der Waals surface area (Å²) >= 11 is 0. The predicted octanol–water partition coefficient (Wildman–Crippen LogP) is 4.45. The van der Waals surface area contributed by atoms with E-state index in [-0.39, 0.29) is 0 Å². The van der Waals surface area contributed by atoms with E-state index in [0.29, 0.717) is 16.8 Å². The smallest absolute Gasteiger partial charge is 0.107 e. The largest absolute Gasteiger partial charge is 0.192 e. The Morgan fingerprint density at radius 3 is 2.52 bits per heavy atom. The van der Waals surface area contributed by atoms with Crippen LogP contribution in [0.25, 0.3) is 0 Å². The zero-order valence-electron chi connectivity index (χ0n) is 14.0. The van der Waals surface area contributed by atoms with Crippen LogP contribution in [0.2, 0.25) is 0 Å². The minimum Gasteiger partial charge on any atom is -0.192 e. The first-order chi connectivity index (χ1) is 11.2. The molecule has 1 unspecified atom stereocenters. The average Bonchev–Trinajstić information content (AvgIpc) is 2.71. The van der Waals surface area contributed by atoms with Gasteiger partial charge in [-0.1, -0.05) is 30.3 Å². The third-order valence-electron chi connectivity index (χ3n) is 4.79. The molecule has 2 aromatic carbocycles. The van der Waals surface area contributed by atoms with E-state index in [9.17, 15) is 5.26 Å². The van der Waals surface area contributed by atoms with Gasteiger partial charge in [0.15, 0.2) is 0 Å². The van der Waals surface area contributed by atoms with Gasteiger partial charge in [-0.15, -0.1) is 0 Å². The van der Waals surface area contributed by atoms with Crippen LogP contribution in [-0.2, 0) is 23.7 Å². The van der Waals surface area contributed by atoms with Gasteiger partial charge in [-0.3, -0.25) is 0 Å². The Bertz CT molecular complexity index is 727. The van der Waals surface area contributed by atoms with Crippen molar-refractivity contribution in [1.29, 1.82) is 5.26 Å². The molecule has 0 amide bonds. The summed E-state index contributed by atoms with van der Waals surface area (Å²) in [5, 5.41) is 9.29. The molecule has 0 saturated carbocycles. The zero-order chi connectivity index (χ0) is 16.2. The SMILES string of the molecule is C[S+](C)CCCC1c2ccccc2CCc2ccc(C#N)cc21. The van der Waals surface area contributed by atoms with E-state index in [4.69, 9.17) is 0 Å². The van der Waals surface area contributed by atoms with Gasteiger partial charge in [0.25, 0.3) is 0 Å². The molecular weight excluding hydrogens is 298 g/mol. The summed E-state index contributed by atoms with van der Waals surface area (Å²) in [6.45, 7) is 0. The standard InChI is InChI=1S/C21H24NS/c1-23(2)13-5-8-20-19-7-4-3-6-17(19)11-12-18-10-9-16(15-22)14-21(18)20/h3-4,6-7,9-10,14,20H,5,8,11-13H2,1-2H3/q+1. The lowest BCUT2D eigenvalue weighted by atomic mass is 9.84. The van der Waals surface area contributed by atoms with Crippen molar-refractivity contribution in [1.82, 2.24) is 0 Å². The van der Waals surface area contributed by atoms with Crippen LogP contribution in [0.3, 0.4) is 0 Å². The van der Waals surface area contributed by atoms with Crippen molar-refractivity contribution in [3.8, 4) is 6.07 Å². The number of nitrogens with zero attached hydrogens (tertiary/aromatic N) is 1. The van der Waals surface area contributed by atoms with Gasteiger partial charge in [-0.05, 0) is 71.0 Å². The monoisotopic (exact) mass is 322 g/mol. The normalized spacial score (nSPS) is 16.3. The van der Waals surface area contributed by atoms with Gasteiger partial charge in [-0.25, -0.2) is 0 Å². The van der Waals surface area contributed by atoms with Crippen molar-refractivity contribution in [2.75, 3.05) is 18.3 Å². The van der Waals surface area contributed by atoms with Crippen LogP contribution in [0.15, 0.2) is 42.5 Å². The predicted molar refractivity (Wildman–Crippen MR) is 100 cm³/mol. The summed E-state index contributed by atoms with van der Waals surface area (Å²) in [5.41, 5.74) is 6.57. The van der Waals surface area contributed by atoms with Crippen molar-refractivity contribution in [2.45, 2.75) is 31.6 Å². The minimum absolute atomic E-state index is 0.445. The fourth-order valence-electron chi connectivity index (χ4n) is 3.64. The summed E-state index contributed by atoms with van der Waals surface area (Å²) in [5.74, 6) is 1.74. The Labute approximate surface area is 142 Å². The topological polar surface area (TPSA) is 23.8 Å². The number of fused-ring (bicyclic) bond motifs is 2. The van der Waals surface area contributed by atoms with Crippen molar-refractivity contribution < 1.29 is 0 Å². The van der Waals surface area contributed by atoms with E-state index in [0.717, 1.165) is 18.4 Å². The highest BCUT2D eigenvalue weighted by Crippen LogP contribution is 2.37. The van der Waals surface area contributed by atoms with Gasteiger partial charge in [-0.2, -0.15) is 5.26 Å². The molecule has 23 heavy (non-hydrogen) atoms. The first kappa shape index (κ1) is 16.1. The second-order valence-electron chi connectivity index (χ2n) is 6.61. The highest BCUT2D eigenvalue weighted by molar-refractivity contribution is 7.95. The zero-order valence-corrected chi connectivity index (χ0v) is 14.8. The van der Waals surface area contributed by atoms with Crippen molar-refractivity contribution >= 4 is 10.9 Å². The van der Waals surface area contributed by atoms with Crippen LogP contribution < -0.4 is 0 Å². The van der Waals surface area contributed by atoms with Crippen LogP contribution >= 0.6 is 0 Å². The maximum Gasteiger partial charge on any atom is 0.107 e. The average molecular weight is 322 g/mol. The summed E-state index contributed by atoms with van der Waals surface area (Å²) in [6, 6.07) is 17.5. The molecule has 0 aromatic heterocycles. The molecule has 2 heteroatoms. The van der Waals surface area contributed by atoms with Crippen LogP contribution in [0, 0.1) is 11.3 Å². The lowest BCUT2D eigenvalue weighted by molar-refractivity contribution is 0.699. The summed E-state index contributed by atoms with van der Waals surface area (Å²) in [7, 11) is 0.502. The van der Waals surface area contributed by atoms with Gasteiger partial charge < -0.3 is 0 Å². The molecule has 1 aliphatic rings. The fourth-order valence-corrected chi connectivity index (χ4v) is 4.39. The van der Waals surface area contributed by atoms with Crippen LogP contribution in [-0.4, -0.2) is 18.3 Å². The Morgan fingerprint density at radius 2 is 1.78 bits per heavy atom. The number of benzene rings is 2. The molecule has 0 spiro atoms. The van der Waals surface area contributed by atoms with E-state index in [1.807, 2.05) is 6.07 Å². The molecule has 0 saturated heterocycles. The summed E-state index contributed by atoms with van der Waals surface area (Å²) < 4.78 is 0. The molecule has 118 valence electrons. The van der Waals surface area contributed by atoms with E-state index in [1.165, 1.54) is 40.8 Å². The van der Waals surface area contributed by atoms with E-state index in [1.54, 1.807) is 0 Å². The quantitative estimate of drug-likeness (QED) is 0.763. The molecular formula is C21H24NS+. The summed E-state index contributed by atoms with van der Waals surface area (Å²) in [6.07, 6.45) is 9.28. The Balaban J connectivity index is 2.01. The van der Waals surface area contributed by atoms with Crippen LogP contribution in [0.4, 0.5) is 0 Å². The van der Waals surface area contributed by atoms with Crippen molar-refractivity contribution in [3.05, 3.63) is 70.3 Å². The van der Waals surface area contributed by atoms with Crippen molar-refractivity contribution in [2.24, 2.45) is 0 Å². The molecule has 1 nitrogen and oxygen atoms in total. The van der Waals surface area contributed by atoms with Crippen molar-refractivity contribution in [3.63, 3.8) is 0 Å². The molecule has 1 aliphatic carbocycles. The molecule has 0 fully saturated rings. The second-order valence-corrected chi connectivity index (χ2v) is 8.99. The molecule has 1 atom stereocenters. The van der Waals surface area contributed by atoms with E-state index >= 15 is 0 Å². The molecule has 0 N–H and O–H groups in total. The van der Waals surface area contributed by atoms with Gasteiger partial charge in [0, 0.05) is 5.92 Å². The highest BCUT2D eigenvalue weighted by Gasteiger charge is 2.24. The van der Waals surface area contributed by atoms with Crippen LogP contribution in [0.1, 0.15) is 46.6 Å². The number of hydrogen-bond acceptors (Lipinski definition) is 1. The molecule has 0 bridgehead atoms. The van der Waals surface area contributed by atoms with E-state index < -0.39 is 0 Å². The first-order valence-corrected chi connectivity index (χ1v) is 10.5. The van der Waals surface area contributed by atoms with Crippen LogP contribution in [0.5, 0.6) is 0 Å². The molecule has 0 aliphatic heterocycles. The van der Waals surface area contributed by atoms with Gasteiger partial charge in [0.05, 0.1) is 24.1 Å². The lowest BCUT2D eigenvalue weighted by Gasteiger charge is -2.20. The van der Waals surface area contributed by atoms with Gasteiger partial charge in [0.2, 0.25) is 0 Å². The second kappa shape index (κ2) is 7.23. The minimum atomic E-state index is 0.445. The Kier molecular flexibility index (Phi) is 5.08. The third kappa shape index (κ3) is 3.62. The number of nitriles is 1. The Hall–Kier alpha value is -1.72. The first-order valence-electron chi connectivity index (χ1n) is 8.34. The fraction of sp³-hybridized carbons (Fsp3) is 0.381. The Morgan fingerprint density at radius 1 is 1.04 bits per heavy atom. The van der Waals surface area contributed by atoms with Gasteiger partial charge >= 0.3 is 0 Å². The lowest BCUT2D eigenvalue weighted by Crippen LogP contribution is -2.08. The molecule has 2 aromatic rings. The highest BCUT2D eigenvalue weighted by atomic mass is 32.2. The number of aryl methyl sites for hydroxylation is 2. The third-order valence-corrected chi connectivity index (χ3v) is 5.90. The number of rotatable bonds is 4. The summed E-state index contributed by atoms with van der Waals surface area (Å²) in [4.78, 5) is 0. The number of hydrogen-bond donors (Lipinski definition) is 0.